The SMILES string of the molecule is COCCN1CCCC2(CCCN2C(=O)COc2ccccc2)C1=O. The van der Waals surface area contributed by atoms with Crippen LogP contribution in [0.5, 0.6) is 5.75 Å². The summed E-state index contributed by atoms with van der Waals surface area (Å²) in [5.41, 5.74) is -0.677. The second-order valence-corrected chi connectivity index (χ2v) is 6.67. The fourth-order valence-corrected chi connectivity index (χ4v) is 3.94. The number of amides is 2. The van der Waals surface area contributed by atoms with Gasteiger partial charge in [-0.05, 0) is 37.8 Å². The molecule has 2 aliphatic heterocycles. The fourth-order valence-electron chi connectivity index (χ4n) is 3.94. The number of rotatable bonds is 6. The molecule has 0 aromatic heterocycles. The van der Waals surface area contributed by atoms with E-state index < -0.39 is 5.54 Å². The Kier molecular flexibility index (Phi) is 5.58. The summed E-state index contributed by atoms with van der Waals surface area (Å²) < 4.78 is 10.7. The van der Waals surface area contributed by atoms with Crippen molar-refractivity contribution in [1.82, 2.24) is 9.80 Å². The first-order valence-corrected chi connectivity index (χ1v) is 8.94. The number of hydrogen-bond acceptors (Lipinski definition) is 4. The van der Waals surface area contributed by atoms with E-state index in [1.54, 1.807) is 12.0 Å². The Morgan fingerprint density at radius 2 is 1.88 bits per heavy atom. The second kappa shape index (κ2) is 7.87. The average molecular weight is 346 g/mol. The van der Waals surface area contributed by atoms with Crippen molar-refractivity contribution in [3.05, 3.63) is 30.3 Å². The van der Waals surface area contributed by atoms with Crippen LogP contribution in [-0.2, 0) is 14.3 Å². The number of ether oxygens (including phenoxy) is 2. The third kappa shape index (κ3) is 3.63. The van der Waals surface area contributed by atoms with Crippen LogP contribution in [0.1, 0.15) is 25.7 Å². The summed E-state index contributed by atoms with van der Waals surface area (Å²) in [7, 11) is 1.64. The van der Waals surface area contributed by atoms with Crippen LogP contribution in [0.3, 0.4) is 0 Å². The number of carbonyl (C=O) groups is 2. The van der Waals surface area contributed by atoms with E-state index in [9.17, 15) is 9.59 Å². The summed E-state index contributed by atoms with van der Waals surface area (Å²) in [5, 5.41) is 0. The molecule has 136 valence electrons. The standard InChI is InChI=1S/C19H26N2O4/c1-24-14-13-20-11-5-9-19(18(20)23)10-6-12-21(19)17(22)15-25-16-7-3-2-4-8-16/h2-4,7-8H,5-6,9-15H2,1H3. The maximum absolute atomic E-state index is 13.1. The summed E-state index contributed by atoms with van der Waals surface area (Å²) in [4.78, 5) is 29.4. The molecule has 2 amide bonds. The Balaban J connectivity index is 1.68. The Labute approximate surface area is 148 Å². The molecular weight excluding hydrogens is 320 g/mol. The molecule has 25 heavy (non-hydrogen) atoms. The molecule has 1 spiro atoms. The first-order valence-electron chi connectivity index (χ1n) is 8.94. The summed E-state index contributed by atoms with van der Waals surface area (Å²) in [5.74, 6) is 0.630. The Bertz CT molecular complexity index is 607. The summed E-state index contributed by atoms with van der Waals surface area (Å²) >= 11 is 0. The normalized spacial score (nSPS) is 23.3. The predicted molar refractivity (Wildman–Crippen MR) is 93.3 cm³/mol. The lowest BCUT2D eigenvalue weighted by molar-refractivity contribution is -0.156. The number of piperidine rings is 1. The minimum atomic E-state index is -0.677. The van der Waals surface area contributed by atoms with Crippen LogP contribution >= 0.6 is 0 Å². The van der Waals surface area contributed by atoms with Crippen molar-refractivity contribution in [3.63, 3.8) is 0 Å². The number of likely N-dealkylation sites (tertiary alicyclic amines) is 2. The van der Waals surface area contributed by atoms with Crippen LogP contribution in [0.4, 0.5) is 0 Å². The number of benzene rings is 1. The molecule has 6 heteroatoms. The van der Waals surface area contributed by atoms with Crippen molar-refractivity contribution in [2.24, 2.45) is 0 Å². The number of hydrogen-bond donors (Lipinski definition) is 0. The molecule has 2 aliphatic rings. The molecule has 3 rings (SSSR count). The van der Waals surface area contributed by atoms with Crippen LogP contribution in [-0.4, -0.2) is 67.1 Å². The minimum absolute atomic E-state index is 0.0306. The third-order valence-electron chi connectivity index (χ3n) is 5.16. The lowest BCUT2D eigenvalue weighted by atomic mass is 9.85. The molecule has 0 saturated carbocycles. The molecule has 1 atom stereocenters. The molecule has 0 aliphatic carbocycles. The van der Waals surface area contributed by atoms with E-state index in [1.165, 1.54) is 0 Å². The molecule has 0 radical (unpaired) electrons. The van der Waals surface area contributed by atoms with Gasteiger partial charge in [-0.1, -0.05) is 18.2 Å². The van der Waals surface area contributed by atoms with Crippen molar-refractivity contribution < 1.29 is 19.1 Å². The van der Waals surface area contributed by atoms with E-state index in [0.717, 1.165) is 32.2 Å². The van der Waals surface area contributed by atoms with Gasteiger partial charge in [-0.25, -0.2) is 0 Å². The maximum Gasteiger partial charge on any atom is 0.261 e. The van der Waals surface area contributed by atoms with Crippen LogP contribution in [0.15, 0.2) is 30.3 Å². The molecule has 1 aromatic rings. The van der Waals surface area contributed by atoms with Crippen LogP contribution < -0.4 is 4.74 Å². The lowest BCUT2D eigenvalue weighted by Gasteiger charge is -2.44. The van der Waals surface area contributed by atoms with Gasteiger partial charge in [0.1, 0.15) is 11.3 Å². The first-order chi connectivity index (χ1) is 12.2. The van der Waals surface area contributed by atoms with Gasteiger partial charge in [0.25, 0.3) is 5.91 Å². The van der Waals surface area contributed by atoms with Gasteiger partial charge < -0.3 is 19.3 Å². The summed E-state index contributed by atoms with van der Waals surface area (Å²) in [6.45, 7) is 2.44. The zero-order valence-corrected chi connectivity index (χ0v) is 14.8. The van der Waals surface area contributed by atoms with Crippen LogP contribution in [0.2, 0.25) is 0 Å². The van der Waals surface area contributed by atoms with E-state index in [0.29, 0.717) is 25.4 Å². The zero-order valence-electron chi connectivity index (χ0n) is 14.8. The Morgan fingerprint density at radius 1 is 1.16 bits per heavy atom. The van der Waals surface area contributed by atoms with Crippen molar-refractivity contribution >= 4 is 11.8 Å². The minimum Gasteiger partial charge on any atom is -0.484 e. The van der Waals surface area contributed by atoms with Crippen molar-refractivity contribution in [2.45, 2.75) is 31.2 Å². The molecule has 6 nitrogen and oxygen atoms in total. The molecule has 2 saturated heterocycles. The van der Waals surface area contributed by atoms with E-state index in [2.05, 4.69) is 0 Å². The number of para-hydroxylation sites is 1. The topological polar surface area (TPSA) is 59.1 Å². The van der Waals surface area contributed by atoms with Gasteiger partial charge in [-0.3, -0.25) is 9.59 Å². The highest BCUT2D eigenvalue weighted by atomic mass is 16.5. The smallest absolute Gasteiger partial charge is 0.261 e. The molecule has 1 aromatic carbocycles. The Hall–Kier alpha value is -2.08. The van der Waals surface area contributed by atoms with E-state index in [1.807, 2.05) is 35.2 Å². The summed E-state index contributed by atoms with van der Waals surface area (Å²) in [6, 6.07) is 9.29. The van der Waals surface area contributed by atoms with Crippen molar-refractivity contribution in [3.8, 4) is 5.75 Å². The second-order valence-electron chi connectivity index (χ2n) is 6.67. The van der Waals surface area contributed by atoms with Crippen molar-refractivity contribution in [1.29, 1.82) is 0 Å². The number of carbonyl (C=O) groups excluding carboxylic acids is 2. The number of methoxy groups -OCH3 is 1. The highest BCUT2D eigenvalue weighted by Crippen LogP contribution is 2.38. The molecular formula is C19H26N2O4. The summed E-state index contributed by atoms with van der Waals surface area (Å²) in [6.07, 6.45) is 3.26. The highest BCUT2D eigenvalue weighted by molar-refractivity contribution is 5.93. The quantitative estimate of drug-likeness (QED) is 0.787. The van der Waals surface area contributed by atoms with Crippen LogP contribution in [0.25, 0.3) is 0 Å². The van der Waals surface area contributed by atoms with Gasteiger partial charge in [0.05, 0.1) is 6.61 Å². The Morgan fingerprint density at radius 3 is 2.60 bits per heavy atom. The van der Waals surface area contributed by atoms with E-state index in [4.69, 9.17) is 9.47 Å². The van der Waals surface area contributed by atoms with Gasteiger partial charge in [0, 0.05) is 26.7 Å². The number of nitrogens with zero attached hydrogens (tertiary/aromatic N) is 2. The highest BCUT2D eigenvalue weighted by Gasteiger charge is 2.52. The molecule has 0 N–H and O–H groups in total. The molecule has 0 bridgehead atoms. The van der Waals surface area contributed by atoms with E-state index >= 15 is 0 Å². The molecule has 1 unspecified atom stereocenters. The monoisotopic (exact) mass is 346 g/mol. The predicted octanol–water partition coefficient (Wildman–Crippen LogP) is 1.70. The molecule has 2 fully saturated rings. The van der Waals surface area contributed by atoms with Gasteiger partial charge in [-0.15, -0.1) is 0 Å². The van der Waals surface area contributed by atoms with Gasteiger partial charge in [-0.2, -0.15) is 0 Å². The average Bonchev–Trinajstić information content (AvgIpc) is 3.06. The van der Waals surface area contributed by atoms with Crippen molar-refractivity contribution in [2.75, 3.05) is 40.0 Å². The maximum atomic E-state index is 13.1. The fraction of sp³-hybridized carbons (Fsp3) is 0.579. The lowest BCUT2D eigenvalue weighted by Crippen LogP contribution is -2.62. The van der Waals surface area contributed by atoms with Gasteiger partial charge >= 0.3 is 0 Å². The van der Waals surface area contributed by atoms with E-state index in [-0.39, 0.29) is 18.4 Å². The van der Waals surface area contributed by atoms with Gasteiger partial charge in [0.2, 0.25) is 5.91 Å². The largest absolute Gasteiger partial charge is 0.484 e. The zero-order chi connectivity index (χ0) is 17.7. The third-order valence-corrected chi connectivity index (χ3v) is 5.16. The van der Waals surface area contributed by atoms with Gasteiger partial charge in [0.15, 0.2) is 6.61 Å². The molecule has 2 heterocycles. The van der Waals surface area contributed by atoms with Crippen LogP contribution in [0, 0.1) is 0 Å². The first kappa shape index (κ1) is 17.7.